The number of nitrogens with zero attached hydrogens (tertiary/aromatic N) is 1. The fourth-order valence-electron chi connectivity index (χ4n) is 2.73. The number of fused-ring (bicyclic) bond motifs is 1. The van der Waals surface area contributed by atoms with Gasteiger partial charge in [-0.2, -0.15) is 4.98 Å². The molecule has 0 aliphatic carbocycles. The second-order valence-corrected chi connectivity index (χ2v) is 6.98. The number of oxazole rings is 1. The van der Waals surface area contributed by atoms with Crippen LogP contribution in [-0.4, -0.2) is 27.7 Å². The first-order valence-electron chi connectivity index (χ1n) is 8.37. The molecular weight excluding hydrogens is 368 g/mol. The van der Waals surface area contributed by atoms with Crippen LogP contribution < -0.4 is 14.8 Å². The van der Waals surface area contributed by atoms with E-state index in [0.717, 1.165) is 11.1 Å². The van der Waals surface area contributed by atoms with Gasteiger partial charge in [-0.05, 0) is 29.8 Å². The van der Waals surface area contributed by atoms with Crippen LogP contribution in [-0.2, 0) is 11.2 Å². The minimum atomic E-state index is -0.601. The van der Waals surface area contributed by atoms with E-state index in [-0.39, 0.29) is 16.4 Å². The van der Waals surface area contributed by atoms with Gasteiger partial charge in [0.2, 0.25) is 11.4 Å². The number of thioether (sulfide) groups is 1. The molecule has 2 atom stereocenters. The fraction of sp³-hybridized carbons (Fsp3) is 0.211. The molecule has 2 heterocycles. The zero-order valence-electron chi connectivity index (χ0n) is 14.4. The number of amides is 1. The maximum atomic E-state index is 11.7. The van der Waals surface area contributed by atoms with Crippen LogP contribution in [0.5, 0.6) is 11.8 Å². The Morgan fingerprint density at radius 2 is 1.93 bits per heavy atom. The van der Waals surface area contributed by atoms with Gasteiger partial charge in [-0.1, -0.05) is 24.3 Å². The summed E-state index contributed by atoms with van der Waals surface area (Å²) in [5.41, 5.74) is 2.29. The molecule has 1 aliphatic rings. The number of ether oxygens (including phenoxy) is 2. The number of carbonyl (C=O) groups excluding carboxylic acids is 2. The molecular formula is C19H16N2O5S. The molecule has 0 saturated carbocycles. The van der Waals surface area contributed by atoms with E-state index in [4.69, 9.17) is 13.9 Å². The van der Waals surface area contributed by atoms with Gasteiger partial charge < -0.3 is 19.2 Å². The van der Waals surface area contributed by atoms with Crippen LogP contribution >= 0.6 is 11.8 Å². The lowest BCUT2D eigenvalue weighted by atomic mass is 10.1. The molecule has 2 unspecified atom stereocenters. The van der Waals surface area contributed by atoms with Crippen molar-refractivity contribution in [1.82, 2.24) is 10.3 Å². The number of para-hydroxylation sites is 2. The Balaban J connectivity index is 1.35. The molecule has 1 saturated heterocycles. The lowest BCUT2D eigenvalue weighted by Crippen LogP contribution is -2.30. The Morgan fingerprint density at radius 3 is 2.63 bits per heavy atom. The van der Waals surface area contributed by atoms with Crippen molar-refractivity contribution in [3.05, 3.63) is 54.1 Å². The third kappa shape index (κ3) is 4.06. The van der Waals surface area contributed by atoms with Crippen molar-refractivity contribution < 1.29 is 23.5 Å². The molecule has 4 rings (SSSR count). The normalized spacial score (nSPS) is 17.7. The third-order valence-corrected chi connectivity index (χ3v) is 4.77. The molecule has 2 aromatic carbocycles. The van der Waals surface area contributed by atoms with Gasteiger partial charge in [-0.3, -0.25) is 9.59 Å². The lowest BCUT2D eigenvalue weighted by Gasteiger charge is -2.14. The Bertz CT molecular complexity index is 952. The zero-order valence-corrected chi connectivity index (χ0v) is 15.2. The highest BCUT2D eigenvalue weighted by Crippen LogP contribution is 2.23. The van der Waals surface area contributed by atoms with E-state index in [1.165, 1.54) is 0 Å². The van der Waals surface area contributed by atoms with Crippen molar-refractivity contribution in [1.29, 1.82) is 0 Å². The summed E-state index contributed by atoms with van der Waals surface area (Å²) in [4.78, 5) is 27.1. The number of rotatable bonds is 6. The SMILES string of the molecule is CC(Oc1ccc(CC2NC(=O)SC2=O)cc1)Oc1nc2ccccc2o1. The van der Waals surface area contributed by atoms with Crippen LogP contribution in [0.25, 0.3) is 11.1 Å². The minimum Gasteiger partial charge on any atom is -0.455 e. The van der Waals surface area contributed by atoms with Crippen molar-refractivity contribution in [3.8, 4) is 11.8 Å². The predicted molar refractivity (Wildman–Crippen MR) is 99.8 cm³/mol. The number of hydrogen-bond acceptors (Lipinski definition) is 7. The number of aromatic nitrogens is 1. The molecule has 1 fully saturated rings. The summed E-state index contributed by atoms with van der Waals surface area (Å²) in [6.45, 7) is 1.74. The van der Waals surface area contributed by atoms with Gasteiger partial charge in [0.1, 0.15) is 17.3 Å². The Hall–Kier alpha value is -3.00. The zero-order chi connectivity index (χ0) is 18.8. The first-order valence-corrected chi connectivity index (χ1v) is 9.18. The first-order chi connectivity index (χ1) is 13.1. The third-order valence-electron chi connectivity index (χ3n) is 3.98. The molecule has 0 spiro atoms. The van der Waals surface area contributed by atoms with Crippen molar-refractivity contribution in [2.75, 3.05) is 0 Å². The maximum absolute atomic E-state index is 11.7. The number of hydrogen-bond donors (Lipinski definition) is 1. The van der Waals surface area contributed by atoms with Gasteiger partial charge in [0, 0.05) is 25.1 Å². The Morgan fingerprint density at radius 1 is 1.15 bits per heavy atom. The van der Waals surface area contributed by atoms with Crippen LogP contribution in [0.4, 0.5) is 4.79 Å². The number of benzene rings is 2. The van der Waals surface area contributed by atoms with Gasteiger partial charge in [0.05, 0.1) is 0 Å². The molecule has 7 nitrogen and oxygen atoms in total. The molecule has 1 N–H and O–H groups in total. The molecule has 0 bridgehead atoms. The highest BCUT2D eigenvalue weighted by atomic mass is 32.2. The van der Waals surface area contributed by atoms with E-state index < -0.39 is 12.3 Å². The van der Waals surface area contributed by atoms with E-state index in [1.807, 2.05) is 36.4 Å². The largest absolute Gasteiger partial charge is 0.455 e. The molecule has 1 aliphatic heterocycles. The van der Waals surface area contributed by atoms with Gasteiger partial charge in [0.15, 0.2) is 5.58 Å². The second-order valence-electron chi connectivity index (χ2n) is 6.00. The maximum Gasteiger partial charge on any atom is 0.397 e. The molecule has 8 heteroatoms. The van der Waals surface area contributed by atoms with E-state index in [1.54, 1.807) is 19.1 Å². The smallest absolute Gasteiger partial charge is 0.397 e. The van der Waals surface area contributed by atoms with Crippen LogP contribution in [0.15, 0.2) is 52.9 Å². The molecule has 1 amide bonds. The van der Waals surface area contributed by atoms with E-state index >= 15 is 0 Å². The second kappa shape index (κ2) is 7.32. The van der Waals surface area contributed by atoms with Gasteiger partial charge in [-0.25, -0.2) is 0 Å². The average molecular weight is 384 g/mol. The lowest BCUT2D eigenvalue weighted by molar-refractivity contribution is -0.112. The summed E-state index contributed by atoms with van der Waals surface area (Å²) in [5.74, 6) is 0.610. The Kier molecular flexibility index (Phi) is 4.72. The summed E-state index contributed by atoms with van der Waals surface area (Å²) in [7, 11) is 0. The van der Waals surface area contributed by atoms with E-state index in [9.17, 15) is 9.59 Å². The average Bonchev–Trinajstić information content (AvgIpc) is 3.18. The molecule has 0 radical (unpaired) electrons. The van der Waals surface area contributed by atoms with Crippen molar-refractivity contribution in [2.45, 2.75) is 25.7 Å². The topological polar surface area (TPSA) is 90.7 Å². The summed E-state index contributed by atoms with van der Waals surface area (Å²) in [6, 6.07) is 14.2. The highest BCUT2D eigenvalue weighted by molar-refractivity contribution is 8.26. The molecule has 27 heavy (non-hydrogen) atoms. The van der Waals surface area contributed by atoms with Gasteiger partial charge >= 0.3 is 6.08 Å². The van der Waals surface area contributed by atoms with Crippen molar-refractivity contribution in [2.24, 2.45) is 0 Å². The van der Waals surface area contributed by atoms with Crippen LogP contribution in [0.2, 0.25) is 0 Å². The summed E-state index contributed by atoms with van der Waals surface area (Å²) in [5, 5.41) is 2.19. The summed E-state index contributed by atoms with van der Waals surface area (Å²) in [6.07, 6.45) is -0.00313. The fourth-order valence-corrected chi connectivity index (χ4v) is 3.39. The van der Waals surface area contributed by atoms with Crippen molar-refractivity contribution in [3.63, 3.8) is 0 Å². The first kappa shape index (κ1) is 17.4. The highest BCUT2D eigenvalue weighted by Gasteiger charge is 2.31. The molecule has 1 aromatic heterocycles. The van der Waals surface area contributed by atoms with E-state index in [0.29, 0.717) is 29.5 Å². The van der Waals surface area contributed by atoms with Crippen LogP contribution in [0, 0.1) is 0 Å². The number of carbonyl (C=O) groups is 2. The Labute approximate surface area is 159 Å². The van der Waals surface area contributed by atoms with Gasteiger partial charge in [-0.15, -0.1) is 0 Å². The quantitative estimate of drug-likeness (QED) is 0.650. The molecule has 3 aromatic rings. The molecule has 138 valence electrons. The monoisotopic (exact) mass is 384 g/mol. The standard InChI is InChI=1S/C19H16N2O5S/c1-11(25-19-21-14-4-2-3-5-16(14)26-19)24-13-8-6-12(7-9-13)10-15-17(22)27-18(23)20-15/h2-9,11,15H,10H2,1H3,(H,20,23). The van der Waals surface area contributed by atoms with Crippen molar-refractivity contribution >= 4 is 33.2 Å². The summed E-state index contributed by atoms with van der Waals surface area (Å²) >= 11 is 0.717. The van der Waals surface area contributed by atoms with E-state index in [2.05, 4.69) is 10.3 Å². The summed E-state index contributed by atoms with van der Waals surface area (Å²) < 4.78 is 16.8. The van der Waals surface area contributed by atoms with Crippen LogP contribution in [0.3, 0.4) is 0 Å². The van der Waals surface area contributed by atoms with Gasteiger partial charge in [0.25, 0.3) is 5.24 Å². The predicted octanol–water partition coefficient (Wildman–Crippen LogP) is 3.53. The minimum absolute atomic E-state index is 0.147. The van der Waals surface area contributed by atoms with Crippen LogP contribution in [0.1, 0.15) is 12.5 Å². The number of nitrogens with one attached hydrogen (secondary N) is 1.